The van der Waals surface area contributed by atoms with Crippen molar-refractivity contribution < 1.29 is 4.52 Å². The Morgan fingerprint density at radius 1 is 1.57 bits per heavy atom. The molecular formula is C11H18N2O. The van der Waals surface area contributed by atoms with E-state index in [0.717, 1.165) is 17.9 Å². The zero-order valence-electron chi connectivity index (χ0n) is 8.75. The van der Waals surface area contributed by atoms with Crippen molar-refractivity contribution in [1.82, 2.24) is 10.5 Å². The lowest BCUT2D eigenvalue weighted by molar-refractivity contribution is 0.345. The van der Waals surface area contributed by atoms with Gasteiger partial charge >= 0.3 is 0 Å². The van der Waals surface area contributed by atoms with Crippen LogP contribution in [0, 0.1) is 6.92 Å². The molecule has 3 heteroatoms. The van der Waals surface area contributed by atoms with E-state index in [1.54, 1.807) is 0 Å². The van der Waals surface area contributed by atoms with Crippen molar-refractivity contribution in [3.8, 4) is 0 Å². The van der Waals surface area contributed by atoms with Gasteiger partial charge < -0.3 is 9.84 Å². The maximum absolute atomic E-state index is 5.18. The van der Waals surface area contributed by atoms with Crippen LogP contribution in [0.15, 0.2) is 10.6 Å². The van der Waals surface area contributed by atoms with Gasteiger partial charge in [0.2, 0.25) is 0 Å². The van der Waals surface area contributed by atoms with Gasteiger partial charge in [0.15, 0.2) is 0 Å². The molecule has 0 amide bonds. The van der Waals surface area contributed by atoms with E-state index < -0.39 is 0 Å². The number of nitrogens with one attached hydrogen (secondary N) is 1. The first-order chi connectivity index (χ1) is 6.84. The largest absolute Gasteiger partial charge is 0.361 e. The van der Waals surface area contributed by atoms with Crippen LogP contribution in [0.1, 0.15) is 37.1 Å². The van der Waals surface area contributed by atoms with Gasteiger partial charge in [-0.3, -0.25) is 0 Å². The van der Waals surface area contributed by atoms with Crippen molar-refractivity contribution >= 4 is 0 Å². The second-order valence-electron chi connectivity index (χ2n) is 4.12. The molecule has 0 saturated carbocycles. The number of rotatable bonds is 3. The number of aromatic nitrogens is 1. The highest BCUT2D eigenvalue weighted by molar-refractivity contribution is 5.03. The minimum absolute atomic E-state index is 0.689. The summed E-state index contributed by atoms with van der Waals surface area (Å²) in [6.45, 7) is 3.14. The van der Waals surface area contributed by atoms with Crippen LogP contribution in [0.5, 0.6) is 0 Å². The van der Waals surface area contributed by atoms with Gasteiger partial charge in [0.1, 0.15) is 5.76 Å². The molecule has 1 fully saturated rings. The van der Waals surface area contributed by atoms with Crippen molar-refractivity contribution in [3.05, 3.63) is 17.5 Å². The second kappa shape index (κ2) is 4.60. The lowest BCUT2D eigenvalue weighted by Crippen LogP contribution is -2.34. The third-order valence-electron chi connectivity index (χ3n) is 2.83. The first-order valence-electron chi connectivity index (χ1n) is 5.50. The van der Waals surface area contributed by atoms with Gasteiger partial charge in [0.25, 0.3) is 0 Å². The van der Waals surface area contributed by atoms with Crippen LogP contribution < -0.4 is 5.32 Å². The van der Waals surface area contributed by atoms with Crippen LogP contribution in [-0.4, -0.2) is 17.7 Å². The summed E-state index contributed by atoms with van der Waals surface area (Å²) in [5.41, 5.74) is 0.983. The number of hydrogen-bond acceptors (Lipinski definition) is 3. The van der Waals surface area contributed by atoms with Crippen LogP contribution in [0.4, 0.5) is 0 Å². The Bertz CT molecular complexity index is 277. The van der Waals surface area contributed by atoms with E-state index in [0.29, 0.717) is 6.04 Å². The van der Waals surface area contributed by atoms with Gasteiger partial charge in [-0.25, -0.2) is 0 Å². The molecule has 78 valence electrons. The van der Waals surface area contributed by atoms with Crippen LogP contribution >= 0.6 is 0 Å². The Morgan fingerprint density at radius 2 is 2.50 bits per heavy atom. The summed E-state index contributed by atoms with van der Waals surface area (Å²) in [6.07, 6.45) is 6.20. The molecule has 2 rings (SSSR count). The number of hydrogen-bond donors (Lipinski definition) is 1. The van der Waals surface area contributed by atoms with Crippen LogP contribution in [0.25, 0.3) is 0 Å². The Labute approximate surface area is 84.9 Å². The van der Waals surface area contributed by atoms with Crippen LogP contribution in [0.2, 0.25) is 0 Å². The molecule has 0 radical (unpaired) electrons. The smallest absolute Gasteiger partial charge is 0.137 e. The Hall–Kier alpha value is -0.830. The summed E-state index contributed by atoms with van der Waals surface area (Å²) in [6, 6.07) is 2.72. The van der Waals surface area contributed by atoms with Gasteiger partial charge in [0, 0.05) is 18.5 Å². The highest BCUT2D eigenvalue weighted by Crippen LogP contribution is 2.13. The average Bonchev–Trinajstić information content (AvgIpc) is 2.63. The first kappa shape index (κ1) is 9.71. The first-order valence-corrected chi connectivity index (χ1v) is 5.50. The van der Waals surface area contributed by atoms with Gasteiger partial charge in [0.05, 0.1) is 5.69 Å². The topological polar surface area (TPSA) is 38.1 Å². The molecule has 0 bridgehead atoms. The molecule has 1 aromatic rings. The molecule has 0 spiro atoms. The summed E-state index contributed by atoms with van der Waals surface area (Å²) < 4.78 is 5.18. The van der Waals surface area contributed by atoms with Crippen molar-refractivity contribution in [2.75, 3.05) is 6.54 Å². The molecular weight excluding hydrogens is 176 g/mol. The third-order valence-corrected chi connectivity index (χ3v) is 2.83. The summed E-state index contributed by atoms with van der Waals surface area (Å²) in [4.78, 5) is 0. The fourth-order valence-electron chi connectivity index (χ4n) is 2.02. The quantitative estimate of drug-likeness (QED) is 0.800. The summed E-state index contributed by atoms with van der Waals surface area (Å²) in [5.74, 6) is 1.02. The molecule has 0 aliphatic carbocycles. The third kappa shape index (κ3) is 2.58. The van der Waals surface area contributed by atoms with E-state index in [1.165, 1.54) is 32.2 Å². The number of nitrogens with zero attached hydrogens (tertiary/aromatic N) is 1. The van der Waals surface area contributed by atoms with E-state index in [4.69, 9.17) is 4.52 Å². The van der Waals surface area contributed by atoms with E-state index in [2.05, 4.69) is 10.5 Å². The molecule has 2 heterocycles. The average molecular weight is 194 g/mol. The molecule has 14 heavy (non-hydrogen) atoms. The molecule has 1 aromatic heterocycles. The van der Waals surface area contributed by atoms with Crippen LogP contribution in [0.3, 0.4) is 0 Å². The number of aryl methyl sites for hydroxylation is 2. The van der Waals surface area contributed by atoms with Crippen molar-refractivity contribution in [1.29, 1.82) is 0 Å². The normalized spacial score (nSPS) is 22.5. The van der Waals surface area contributed by atoms with E-state index in [9.17, 15) is 0 Å². The molecule has 1 aliphatic rings. The van der Waals surface area contributed by atoms with E-state index >= 15 is 0 Å². The highest BCUT2D eigenvalue weighted by atomic mass is 16.5. The van der Waals surface area contributed by atoms with Crippen LogP contribution in [-0.2, 0) is 6.42 Å². The molecule has 0 aromatic carbocycles. The summed E-state index contributed by atoms with van der Waals surface area (Å²) >= 11 is 0. The molecule has 1 unspecified atom stereocenters. The fraction of sp³-hybridized carbons (Fsp3) is 0.727. The van der Waals surface area contributed by atoms with Gasteiger partial charge in [-0.05, 0) is 32.7 Å². The lowest BCUT2D eigenvalue weighted by atomic mass is 10.00. The maximum Gasteiger partial charge on any atom is 0.137 e. The standard InChI is InChI=1S/C11H18N2O/c1-9-8-11(14-13-9)6-5-10-4-2-3-7-12-10/h8,10,12H,2-7H2,1H3. The molecule has 1 aliphatic heterocycles. The molecule has 1 saturated heterocycles. The van der Waals surface area contributed by atoms with E-state index in [1.807, 2.05) is 13.0 Å². The SMILES string of the molecule is Cc1cc(CCC2CCCCN2)on1. The fourth-order valence-corrected chi connectivity index (χ4v) is 2.02. The van der Waals surface area contributed by atoms with Gasteiger partial charge in [-0.2, -0.15) is 0 Å². The lowest BCUT2D eigenvalue weighted by Gasteiger charge is -2.22. The zero-order chi connectivity index (χ0) is 9.80. The van der Waals surface area contributed by atoms with E-state index in [-0.39, 0.29) is 0 Å². The summed E-state index contributed by atoms with van der Waals surface area (Å²) in [5, 5.41) is 7.42. The minimum atomic E-state index is 0.689. The zero-order valence-corrected chi connectivity index (χ0v) is 8.75. The predicted octanol–water partition coefficient (Wildman–Crippen LogP) is 2.06. The predicted molar refractivity (Wildman–Crippen MR) is 55.2 cm³/mol. The monoisotopic (exact) mass is 194 g/mol. The Morgan fingerprint density at radius 3 is 3.14 bits per heavy atom. The number of piperidine rings is 1. The van der Waals surface area contributed by atoms with Crippen molar-refractivity contribution in [2.24, 2.45) is 0 Å². The highest BCUT2D eigenvalue weighted by Gasteiger charge is 2.13. The Balaban J connectivity index is 1.76. The van der Waals surface area contributed by atoms with Gasteiger partial charge in [-0.15, -0.1) is 0 Å². The van der Waals surface area contributed by atoms with Crippen molar-refractivity contribution in [2.45, 2.75) is 45.1 Å². The Kier molecular flexibility index (Phi) is 3.19. The minimum Gasteiger partial charge on any atom is -0.361 e. The summed E-state index contributed by atoms with van der Waals surface area (Å²) in [7, 11) is 0. The molecule has 1 N–H and O–H groups in total. The molecule has 1 atom stereocenters. The van der Waals surface area contributed by atoms with Gasteiger partial charge in [-0.1, -0.05) is 11.6 Å². The maximum atomic E-state index is 5.18. The second-order valence-corrected chi connectivity index (χ2v) is 4.12. The molecule has 3 nitrogen and oxygen atoms in total. The van der Waals surface area contributed by atoms with Crippen molar-refractivity contribution in [3.63, 3.8) is 0 Å².